The average molecular weight is 472 g/mol. The van der Waals surface area contributed by atoms with E-state index in [1.807, 2.05) is 0 Å². The first kappa shape index (κ1) is 23.4. The van der Waals surface area contributed by atoms with Crippen molar-refractivity contribution in [2.24, 2.45) is 4.74 Å². The first-order valence-corrected chi connectivity index (χ1v) is 14.4. The molecule has 1 aliphatic rings. The number of rotatable bonds is 4. The van der Waals surface area contributed by atoms with Gasteiger partial charge in [-0.15, -0.1) is 0 Å². The fourth-order valence-electron chi connectivity index (χ4n) is 5.89. The highest BCUT2D eigenvalue weighted by Crippen LogP contribution is 2.65. The van der Waals surface area contributed by atoms with Crippen LogP contribution in [0.25, 0.3) is 21.8 Å². The van der Waals surface area contributed by atoms with Crippen LogP contribution in [0.4, 0.5) is 5.69 Å². The van der Waals surface area contributed by atoms with Gasteiger partial charge in [0.1, 0.15) is 0 Å². The molecule has 1 saturated heterocycles. The van der Waals surface area contributed by atoms with Crippen molar-refractivity contribution in [3.63, 3.8) is 0 Å². The van der Waals surface area contributed by atoms with Gasteiger partial charge in [-0.25, -0.2) is 4.74 Å². The summed E-state index contributed by atoms with van der Waals surface area (Å²) < 4.78 is 11.0. The minimum absolute atomic E-state index is 0.0193. The van der Waals surface area contributed by atoms with Gasteiger partial charge < -0.3 is 4.57 Å². The summed E-state index contributed by atoms with van der Waals surface area (Å²) in [4.78, 5) is 0. The Morgan fingerprint density at radius 2 is 1.56 bits per heavy atom. The molecule has 1 fully saturated rings. The highest BCUT2D eigenvalue weighted by molar-refractivity contribution is 7.73. The van der Waals surface area contributed by atoms with Crippen LogP contribution in [0, 0.1) is 13.8 Å². The Kier molecular flexibility index (Phi) is 5.99. The van der Waals surface area contributed by atoms with Crippen molar-refractivity contribution in [3.05, 3.63) is 71.8 Å². The molecule has 0 aliphatic carbocycles. The molecule has 178 valence electrons. The molecule has 0 saturated carbocycles. The number of hydrogen-bond donors (Lipinski definition) is 0. The third-order valence-corrected chi connectivity index (χ3v) is 12.1. The van der Waals surface area contributed by atoms with E-state index in [0.29, 0.717) is 0 Å². The lowest BCUT2D eigenvalue weighted by Crippen LogP contribution is -2.35. The van der Waals surface area contributed by atoms with Crippen LogP contribution in [-0.4, -0.2) is 27.5 Å². The fraction of sp³-hybridized carbons (Fsp3) is 0.400. The van der Waals surface area contributed by atoms with Crippen LogP contribution in [0.5, 0.6) is 0 Å². The Morgan fingerprint density at radius 1 is 0.853 bits per heavy atom. The molecule has 0 radical (unpaired) electrons. The Labute approximate surface area is 204 Å². The molecule has 1 aromatic heterocycles. The van der Waals surface area contributed by atoms with E-state index in [1.165, 1.54) is 51.1 Å². The lowest BCUT2D eigenvalue weighted by Gasteiger charge is -2.44. The summed E-state index contributed by atoms with van der Waals surface area (Å²) in [6, 6.07) is 22.8. The van der Waals surface area contributed by atoms with Crippen LogP contribution >= 0.6 is 7.21 Å². The molecular weight excluding hydrogens is 433 g/mol. The molecule has 4 heteroatoms. The lowest BCUT2D eigenvalue weighted by atomic mass is 10.1. The summed E-state index contributed by atoms with van der Waals surface area (Å²) in [7, 11) is -2.08. The molecule has 5 rings (SSSR count). The maximum atomic E-state index is 5.80. The molecule has 0 N–H and O–H groups in total. The molecule has 34 heavy (non-hydrogen) atoms. The quantitative estimate of drug-likeness (QED) is 0.274. The first-order valence-electron chi connectivity index (χ1n) is 12.7. The van der Waals surface area contributed by atoms with Crippen molar-refractivity contribution in [3.8, 4) is 0 Å². The summed E-state index contributed by atoms with van der Waals surface area (Å²) >= 11 is 0. The molecule has 1 atom stereocenters. The third kappa shape index (κ3) is 3.65. The number of aryl methyl sites for hydroxylation is 3. The van der Waals surface area contributed by atoms with Crippen LogP contribution < -0.4 is 5.30 Å². The molecule has 2 heterocycles. The van der Waals surface area contributed by atoms with Crippen molar-refractivity contribution in [1.82, 2.24) is 9.24 Å². The third-order valence-electron chi connectivity index (χ3n) is 7.46. The molecule has 1 aliphatic heterocycles. The molecule has 0 amide bonds. The van der Waals surface area contributed by atoms with Gasteiger partial charge in [0.15, 0.2) is 0 Å². The van der Waals surface area contributed by atoms with Crippen molar-refractivity contribution in [2.75, 3.05) is 13.1 Å². The maximum absolute atomic E-state index is 5.80. The van der Waals surface area contributed by atoms with Gasteiger partial charge in [-0.1, -0.05) is 56.7 Å². The average Bonchev–Trinajstić information content (AvgIpc) is 3.44. The Balaban J connectivity index is 1.87. The standard InChI is InChI=1S/C30H38N3P/c1-7-33-28-13-9-8-12-25(28)26-21-24(15-17-29(26)33)34(30(4,5)6,32-18-10-11-19-32)31-27-16-14-22(2)20-23(27)3/h8-9,12-17,20-21H,7,10-11,18-19H2,1-6H3/t34-/m0/s1. The van der Waals surface area contributed by atoms with Gasteiger partial charge >= 0.3 is 0 Å². The monoisotopic (exact) mass is 471 g/mol. The van der Waals surface area contributed by atoms with Crippen LogP contribution in [-0.2, 0) is 6.54 Å². The Bertz CT molecular complexity index is 1410. The van der Waals surface area contributed by atoms with E-state index in [9.17, 15) is 0 Å². The minimum atomic E-state index is -2.08. The number of fused-ring (bicyclic) bond motifs is 3. The van der Waals surface area contributed by atoms with E-state index >= 15 is 0 Å². The highest BCUT2D eigenvalue weighted by atomic mass is 31.2. The van der Waals surface area contributed by atoms with Gasteiger partial charge in [0.25, 0.3) is 0 Å². The topological polar surface area (TPSA) is 20.5 Å². The van der Waals surface area contributed by atoms with E-state index in [1.54, 1.807) is 0 Å². The molecule has 0 bridgehead atoms. The molecule has 3 aromatic carbocycles. The SMILES string of the molecule is CCn1c2ccccc2c2cc([P@](=Nc3ccc(C)cc3C)(N3CCCC3)C(C)(C)C)ccc21. The second kappa shape index (κ2) is 8.70. The zero-order valence-electron chi connectivity index (χ0n) is 21.6. The van der Waals surface area contributed by atoms with Crippen molar-refractivity contribution in [1.29, 1.82) is 0 Å². The summed E-state index contributed by atoms with van der Waals surface area (Å²) in [5, 5.41) is 4.14. The largest absolute Gasteiger partial charge is 0.341 e. The predicted molar refractivity (Wildman–Crippen MR) is 150 cm³/mol. The van der Waals surface area contributed by atoms with Crippen molar-refractivity contribution < 1.29 is 0 Å². The number of nitrogens with zero attached hydrogens (tertiary/aromatic N) is 3. The van der Waals surface area contributed by atoms with Gasteiger partial charge in [-0.2, -0.15) is 0 Å². The maximum Gasteiger partial charge on any atom is 0.0720 e. The summed E-state index contributed by atoms with van der Waals surface area (Å²) in [5.74, 6) is 0. The van der Waals surface area contributed by atoms with Crippen LogP contribution in [0.15, 0.2) is 65.4 Å². The molecule has 0 unspecified atom stereocenters. The fourth-order valence-corrected chi connectivity index (χ4v) is 10.4. The molecule has 3 nitrogen and oxygen atoms in total. The normalized spacial score (nSPS) is 16.9. The van der Waals surface area contributed by atoms with E-state index in [2.05, 4.69) is 111 Å². The van der Waals surface area contributed by atoms with Gasteiger partial charge in [-0.3, -0.25) is 4.67 Å². The van der Waals surface area contributed by atoms with Gasteiger partial charge in [0, 0.05) is 51.9 Å². The van der Waals surface area contributed by atoms with E-state index in [-0.39, 0.29) is 5.16 Å². The minimum Gasteiger partial charge on any atom is -0.341 e. The number of hydrogen-bond acceptors (Lipinski definition) is 1. The number of aromatic nitrogens is 1. The summed E-state index contributed by atoms with van der Waals surface area (Å²) in [6.07, 6.45) is 2.52. The summed E-state index contributed by atoms with van der Waals surface area (Å²) in [6.45, 7) is 17.1. The first-order chi connectivity index (χ1) is 16.3. The predicted octanol–water partition coefficient (Wildman–Crippen LogP) is 8.40. The zero-order chi connectivity index (χ0) is 24.1. The smallest absolute Gasteiger partial charge is 0.0720 e. The zero-order valence-corrected chi connectivity index (χ0v) is 22.5. The lowest BCUT2D eigenvalue weighted by molar-refractivity contribution is 0.538. The highest BCUT2D eigenvalue weighted by Gasteiger charge is 2.42. The number of benzene rings is 3. The van der Waals surface area contributed by atoms with Gasteiger partial charge in [0.05, 0.1) is 12.9 Å². The molecular formula is C30H38N3P. The van der Waals surface area contributed by atoms with Crippen molar-refractivity contribution in [2.45, 2.75) is 66.1 Å². The Morgan fingerprint density at radius 3 is 2.24 bits per heavy atom. The Hall–Kier alpha value is -2.35. The van der Waals surface area contributed by atoms with Gasteiger partial charge in [0.2, 0.25) is 0 Å². The van der Waals surface area contributed by atoms with Crippen LogP contribution in [0.2, 0.25) is 0 Å². The number of para-hydroxylation sites is 1. The van der Waals surface area contributed by atoms with Crippen LogP contribution in [0.1, 0.15) is 51.7 Å². The van der Waals surface area contributed by atoms with E-state index in [0.717, 1.165) is 25.3 Å². The second-order valence-electron chi connectivity index (χ2n) is 10.8. The molecule has 4 aromatic rings. The van der Waals surface area contributed by atoms with E-state index in [4.69, 9.17) is 4.74 Å². The summed E-state index contributed by atoms with van der Waals surface area (Å²) in [5.41, 5.74) is 6.37. The van der Waals surface area contributed by atoms with Gasteiger partial charge in [-0.05, 0) is 69.5 Å². The molecule has 0 spiro atoms. The second-order valence-corrected chi connectivity index (χ2v) is 14.6. The van der Waals surface area contributed by atoms with Crippen LogP contribution in [0.3, 0.4) is 0 Å². The van der Waals surface area contributed by atoms with Crippen molar-refractivity contribution >= 4 is 40.0 Å². The van der Waals surface area contributed by atoms with E-state index < -0.39 is 7.21 Å².